The molecule has 32 heavy (non-hydrogen) atoms. The van der Waals surface area contributed by atoms with Crippen molar-refractivity contribution in [3.8, 4) is 11.8 Å². The van der Waals surface area contributed by atoms with E-state index in [1.165, 1.54) is 0 Å². The maximum Gasteiger partial charge on any atom is 0.226 e. The molecule has 2 fully saturated rings. The number of amides is 1. The average Bonchev–Trinajstić information content (AvgIpc) is 3.27. The first kappa shape index (κ1) is 20.9. The highest BCUT2D eigenvalue weighted by atomic mass is 16.5. The number of fused-ring (bicyclic) bond motifs is 1. The third-order valence-electron chi connectivity index (χ3n) is 6.77. The van der Waals surface area contributed by atoms with Crippen LogP contribution in [0.25, 0.3) is 0 Å². The quantitative estimate of drug-likeness (QED) is 0.674. The van der Waals surface area contributed by atoms with E-state index in [2.05, 4.69) is 19.9 Å². The second-order valence-corrected chi connectivity index (χ2v) is 8.67. The third-order valence-corrected chi connectivity index (χ3v) is 6.77. The maximum atomic E-state index is 12.7. The fourth-order valence-electron chi connectivity index (χ4n) is 4.72. The van der Waals surface area contributed by atoms with Crippen LogP contribution in [0, 0.1) is 5.92 Å². The van der Waals surface area contributed by atoms with Crippen LogP contribution in [0.15, 0.2) is 24.7 Å². The first-order chi connectivity index (χ1) is 15.6. The summed E-state index contributed by atoms with van der Waals surface area (Å²) >= 11 is 0. The van der Waals surface area contributed by atoms with E-state index in [-0.39, 0.29) is 24.0 Å². The lowest BCUT2D eigenvalue weighted by Crippen LogP contribution is -2.44. The van der Waals surface area contributed by atoms with Gasteiger partial charge < -0.3 is 24.0 Å². The van der Waals surface area contributed by atoms with Crippen LogP contribution < -0.4 is 14.4 Å². The van der Waals surface area contributed by atoms with E-state index in [0.717, 1.165) is 55.7 Å². The highest BCUT2D eigenvalue weighted by molar-refractivity contribution is 5.80. The minimum absolute atomic E-state index is 0.0470. The molecule has 5 rings (SSSR count). The molecule has 0 unspecified atom stereocenters. The van der Waals surface area contributed by atoms with Gasteiger partial charge in [0, 0.05) is 45.0 Å². The van der Waals surface area contributed by atoms with E-state index >= 15 is 0 Å². The molecule has 4 heterocycles. The molecule has 170 valence electrons. The van der Waals surface area contributed by atoms with E-state index < -0.39 is 0 Å². The monoisotopic (exact) mass is 439 g/mol. The lowest BCUT2D eigenvalue weighted by atomic mass is 9.81. The molecule has 0 N–H and O–H groups in total. The molecule has 2 aromatic heterocycles. The van der Waals surface area contributed by atoms with Gasteiger partial charge in [-0.3, -0.25) is 4.79 Å². The Kier molecular flexibility index (Phi) is 5.82. The van der Waals surface area contributed by atoms with Gasteiger partial charge in [0.15, 0.2) is 0 Å². The van der Waals surface area contributed by atoms with E-state index in [4.69, 9.17) is 14.2 Å². The molecule has 3 aliphatic rings. The highest BCUT2D eigenvalue weighted by Gasteiger charge is 2.39. The largest absolute Gasteiger partial charge is 0.481 e. The van der Waals surface area contributed by atoms with Crippen molar-refractivity contribution in [1.82, 2.24) is 19.9 Å². The minimum Gasteiger partial charge on any atom is -0.481 e. The van der Waals surface area contributed by atoms with Crippen molar-refractivity contribution in [3.05, 3.63) is 35.9 Å². The van der Waals surface area contributed by atoms with E-state index in [0.29, 0.717) is 24.8 Å². The number of nitrogens with zero attached hydrogens (tertiary/aromatic N) is 5. The van der Waals surface area contributed by atoms with Crippen LogP contribution in [-0.4, -0.2) is 71.8 Å². The molecular formula is C23H29N5O4. The van der Waals surface area contributed by atoms with Crippen molar-refractivity contribution in [2.45, 2.75) is 44.4 Å². The second-order valence-electron chi connectivity index (χ2n) is 8.67. The van der Waals surface area contributed by atoms with Crippen LogP contribution in [0.4, 0.5) is 5.69 Å². The lowest BCUT2D eigenvalue weighted by Gasteiger charge is -2.35. The molecule has 1 atom stereocenters. The van der Waals surface area contributed by atoms with Gasteiger partial charge in [-0.2, -0.15) is 0 Å². The summed E-state index contributed by atoms with van der Waals surface area (Å²) in [6.45, 7) is 2.86. The summed E-state index contributed by atoms with van der Waals surface area (Å²) < 4.78 is 16.8. The van der Waals surface area contributed by atoms with Gasteiger partial charge in [-0.1, -0.05) is 0 Å². The number of carbonyl (C=O) groups excluding carboxylic acids is 1. The molecule has 1 amide bonds. The van der Waals surface area contributed by atoms with Gasteiger partial charge in [0.2, 0.25) is 17.7 Å². The Labute approximate surface area is 187 Å². The Morgan fingerprint density at radius 1 is 1.09 bits per heavy atom. The molecule has 9 nitrogen and oxygen atoms in total. The van der Waals surface area contributed by atoms with Gasteiger partial charge in [-0.15, -0.1) is 0 Å². The van der Waals surface area contributed by atoms with Gasteiger partial charge in [0.05, 0.1) is 49.4 Å². The molecule has 0 radical (unpaired) electrons. The molecule has 1 saturated carbocycles. The fraction of sp³-hybridized carbons (Fsp3) is 0.565. The zero-order valence-electron chi connectivity index (χ0n) is 18.6. The fourth-order valence-corrected chi connectivity index (χ4v) is 4.72. The summed E-state index contributed by atoms with van der Waals surface area (Å²) in [4.78, 5) is 30.2. The zero-order valence-corrected chi connectivity index (χ0v) is 18.6. The molecule has 0 aromatic carbocycles. The van der Waals surface area contributed by atoms with Crippen LogP contribution in [0.2, 0.25) is 0 Å². The number of carbonyl (C=O) groups is 1. The molecule has 1 aliphatic carbocycles. The smallest absolute Gasteiger partial charge is 0.226 e. The second kappa shape index (κ2) is 8.90. The predicted molar refractivity (Wildman–Crippen MR) is 117 cm³/mol. The molecular weight excluding hydrogens is 410 g/mol. The summed E-state index contributed by atoms with van der Waals surface area (Å²) in [7, 11) is 3.32. The molecule has 2 aliphatic heterocycles. The number of ether oxygens (including phenoxy) is 3. The standard InChI is InChI=1S/C23H29N5O4/c1-30-18-9-15(10-18)23(29)28-7-5-17(12-28)32-22-19-13-27(8-6-20(19)25-14-26-22)16-3-4-21(31-2)24-11-16/h3-4,11,14-15,17-18H,5-10,12-13H2,1-2H3/t15?,17-,18?/m0/s1. The number of aromatic nitrogens is 3. The van der Waals surface area contributed by atoms with E-state index in [9.17, 15) is 4.79 Å². The van der Waals surface area contributed by atoms with Crippen molar-refractivity contribution < 1.29 is 19.0 Å². The number of pyridine rings is 1. The van der Waals surface area contributed by atoms with Gasteiger partial charge in [-0.25, -0.2) is 15.0 Å². The number of anilines is 1. The Morgan fingerprint density at radius 3 is 2.72 bits per heavy atom. The number of rotatable bonds is 6. The Balaban J connectivity index is 1.24. The van der Waals surface area contributed by atoms with E-state index in [1.807, 2.05) is 23.2 Å². The minimum atomic E-state index is -0.0470. The first-order valence-corrected chi connectivity index (χ1v) is 11.2. The summed E-state index contributed by atoms with van der Waals surface area (Å²) in [5, 5.41) is 0. The topological polar surface area (TPSA) is 89.9 Å². The lowest BCUT2D eigenvalue weighted by molar-refractivity contribution is -0.142. The molecule has 2 aromatic rings. The summed E-state index contributed by atoms with van der Waals surface area (Å²) in [6.07, 6.45) is 6.87. The molecule has 0 spiro atoms. The number of hydrogen-bond donors (Lipinski definition) is 0. The molecule has 9 heteroatoms. The Morgan fingerprint density at radius 2 is 1.97 bits per heavy atom. The van der Waals surface area contributed by atoms with Gasteiger partial charge >= 0.3 is 0 Å². The number of methoxy groups -OCH3 is 2. The van der Waals surface area contributed by atoms with Crippen LogP contribution in [0.1, 0.15) is 30.5 Å². The summed E-state index contributed by atoms with van der Waals surface area (Å²) in [5.74, 6) is 1.55. The Bertz CT molecular complexity index is 963. The van der Waals surface area contributed by atoms with Crippen LogP contribution in [0.5, 0.6) is 11.8 Å². The zero-order chi connectivity index (χ0) is 22.1. The van der Waals surface area contributed by atoms with E-state index in [1.54, 1.807) is 20.5 Å². The number of likely N-dealkylation sites (tertiary alicyclic amines) is 1. The van der Waals surface area contributed by atoms with Crippen molar-refractivity contribution in [1.29, 1.82) is 0 Å². The van der Waals surface area contributed by atoms with Crippen LogP contribution in [0.3, 0.4) is 0 Å². The van der Waals surface area contributed by atoms with Crippen molar-refractivity contribution in [2.75, 3.05) is 38.8 Å². The van der Waals surface area contributed by atoms with Crippen molar-refractivity contribution >= 4 is 11.6 Å². The van der Waals surface area contributed by atoms with Gasteiger partial charge in [-0.05, 0) is 18.9 Å². The first-order valence-electron chi connectivity index (χ1n) is 11.2. The summed E-state index contributed by atoms with van der Waals surface area (Å²) in [5.41, 5.74) is 3.07. The SMILES string of the molecule is COc1ccc(N2CCc3ncnc(O[C@H]4CCN(C(=O)C5CC(OC)C5)C4)c3C2)cn1. The number of hydrogen-bond acceptors (Lipinski definition) is 8. The normalized spacial score (nSPS) is 24.6. The Hall–Kier alpha value is -2.94. The molecule has 1 saturated heterocycles. The maximum absolute atomic E-state index is 12.7. The van der Waals surface area contributed by atoms with Crippen molar-refractivity contribution in [3.63, 3.8) is 0 Å². The predicted octanol–water partition coefficient (Wildman–Crippen LogP) is 1.85. The van der Waals surface area contributed by atoms with Crippen LogP contribution in [-0.2, 0) is 22.5 Å². The summed E-state index contributed by atoms with van der Waals surface area (Å²) in [6, 6.07) is 3.88. The molecule has 0 bridgehead atoms. The highest BCUT2D eigenvalue weighted by Crippen LogP contribution is 2.33. The van der Waals surface area contributed by atoms with Gasteiger partial charge in [0.25, 0.3) is 0 Å². The van der Waals surface area contributed by atoms with Gasteiger partial charge in [0.1, 0.15) is 12.4 Å². The van der Waals surface area contributed by atoms with Crippen LogP contribution >= 0.6 is 0 Å². The average molecular weight is 440 g/mol. The van der Waals surface area contributed by atoms with Crippen molar-refractivity contribution in [2.24, 2.45) is 5.92 Å². The third kappa shape index (κ3) is 4.09.